The van der Waals surface area contributed by atoms with E-state index in [1.54, 1.807) is 4.90 Å². The van der Waals surface area contributed by atoms with Crippen LogP contribution in [-0.2, 0) is 9.53 Å². The number of nitrogens with one attached hydrogen (secondary N) is 1. The first kappa shape index (κ1) is 17.5. The minimum atomic E-state index is -0.737. The van der Waals surface area contributed by atoms with Crippen LogP contribution in [0.5, 0.6) is 0 Å². The van der Waals surface area contributed by atoms with E-state index in [4.69, 9.17) is 4.74 Å². The summed E-state index contributed by atoms with van der Waals surface area (Å²) in [6, 6.07) is -0.0795. The van der Waals surface area contributed by atoms with E-state index in [0.717, 1.165) is 38.7 Å². The molecular formula is C18H30N2O4. The lowest BCUT2D eigenvalue weighted by atomic mass is 9.81. The van der Waals surface area contributed by atoms with Crippen LogP contribution in [0.4, 0.5) is 4.79 Å². The molecule has 4 atom stereocenters. The van der Waals surface area contributed by atoms with Gasteiger partial charge in [-0.05, 0) is 43.9 Å². The third-order valence-corrected chi connectivity index (χ3v) is 6.04. The fourth-order valence-corrected chi connectivity index (χ4v) is 4.75. The number of carbonyl (C=O) groups excluding carboxylic acids is 1. The molecule has 1 aliphatic carbocycles. The van der Waals surface area contributed by atoms with Crippen LogP contribution in [0.25, 0.3) is 0 Å². The fraction of sp³-hybridized carbons (Fsp3) is 0.889. The Morgan fingerprint density at radius 3 is 2.79 bits per heavy atom. The molecule has 3 rings (SSSR count). The number of hydrogen-bond donors (Lipinski definition) is 2. The van der Waals surface area contributed by atoms with Crippen molar-refractivity contribution in [2.75, 3.05) is 19.7 Å². The zero-order valence-corrected chi connectivity index (χ0v) is 14.8. The Kier molecular flexibility index (Phi) is 5.04. The Balaban J connectivity index is 1.62. The second kappa shape index (κ2) is 6.90. The van der Waals surface area contributed by atoms with Crippen LogP contribution in [-0.4, -0.2) is 53.8 Å². The lowest BCUT2D eigenvalue weighted by Gasteiger charge is -2.34. The predicted octanol–water partition coefficient (Wildman–Crippen LogP) is 2.48. The van der Waals surface area contributed by atoms with Crippen molar-refractivity contribution < 1.29 is 19.4 Å². The number of likely N-dealkylation sites (tertiary alicyclic amines) is 1. The van der Waals surface area contributed by atoms with Crippen molar-refractivity contribution in [3.05, 3.63) is 0 Å². The maximum atomic E-state index is 12.7. The van der Waals surface area contributed by atoms with E-state index in [0.29, 0.717) is 25.4 Å². The van der Waals surface area contributed by atoms with E-state index in [1.165, 1.54) is 0 Å². The SMILES string of the molecule is CC(C)CC1OCCCC1NC(=O)N1C[C@@H]2CCC[C@@]2(C(=O)O)C1. The molecule has 2 saturated heterocycles. The number of ether oxygens (including phenoxy) is 1. The Labute approximate surface area is 143 Å². The number of carbonyl (C=O) groups is 2. The van der Waals surface area contributed by atoms with Crippen LogP contribution in [0, 0.1) is 17.3 Å². The zero-order chi connectivity index (χ0) is 17.3. The molecule has 6 heteroatoms. The van der Waals surface area contributed by atoms with Crippen molar-refractivity contribution >= 4 is 12.0 Å². The quantitative estimate of drug-likeness (QED) is 0.825. The van der Waals surface area contributed by atoms with Crippen molar-refractivity contribution in [2.24, 2.45) is 17.3 Å². The molecule has 1 saturated carbocycles. The summed E-state index contributed by atoms with van der Waals surface area (Å²) >= 11 is 0. The third kappa shape index (κ3) is 3.25. The van der Waals surface area contributed by atoms with E-state index >= 15 is 0 Å². The first-order valence-electron chi connectivity index (χ1n) is 9.33. The molecule has 0 spiro atoms. The van der Waals surface area contributed by atoms with Gasteiger partial charge in [-0.25, -0.2) is 4.79 Å². The molecule has 136 valence electrons. The van der Waals surface area contributed by atoms with Crippen LogP contribution in [0.1, 0.15) is 52.4 Å². The van der Waals surface area contributed by atoms with Gasteiger partial charge in [0, 0.05) is 19.7 Å². The summed E-state index contributed by atoms with van der Waals surface area (Å²) in [5, 5.41) is 12.8. The van der Waals surface area contributed by atoms with Crippen molar-refractivity contribution in [1.29, 1.82) is 0 Å². The first-order valence-corrected chi connectivity index (χ1v) is 9.33. The standard InChI is InChI=1S/C18H30N2O4/c1-12(2)9-15-14(6-4-8-24-15)19-17(23)20-10-13-5-3-7-18(13,11-20)16(21)22/h12-15H,3-11H2,1-2H3,(H,19,23)(H,21,22)/t13-,14?,15?,18+/m0/s1. The van der Waals surface area contributed by atoms with Gasteiger partial charge in [0.25, 0.3) is 0 Å². The molecular weight excluding hydrogens is 308 g/mol. The number of aliphatic carboxylic acids is 1. The molecule has 2 unspecified atom stereocenters. The predicted molar refractivity (Wildman–Crippen MR) is 89.7 cm³/mol. The highest BCUT2D eigenvalue weighted by Crippen LogP contribution is 2.48. The highest BCUT2D eigenvalue weighted by Gasteiger charge is 2.56. The summed E-state index contributed by atoms with van der Waals surface area (Å²) in [4.78, 5) is 26.2. The summed E-state index contributed by atoms with van der Waals surface area (Å²) in [5.41, 5.74) is -0.711. The Hall–Kier alpha value is -1.30. The van der Waals surface area contributed by atoms with Crippen LogP contribution in [0.2, 0.25) is 0 Å². The van der Waals surface area contributed by atoms with E-state index in [2.05, 4.69) is 19.2 Å². The summed E-state index contributed by atoms with van der Waals surface area (Å²) in [6.07, 6.45) is 5.47. The highest BCUT2D eigenvalue weighted by atomic mass is 16.5. The number of carboxylic acids is 1. The van der Waals surface area contributed by atoms with Gasteiger partial charge in [0.05, 0.1) is 17.6 Å². The highest BCUT2D eigenvalue weighted by molar-refractivity contribution is 5.80. The molecule has 3 aliphatic rings. The number of hydrogen-bond acceptors (Lipinski definition) is 3. The van der Waals surface area contributed by atoms with Gasteiger partial charge in [-0.1, -0.05) is 20.3 Å². The van der Waals surface area contributed by atoms with Gasteiger partial charge in [0.2, 0.25) is 0 Å². The summed E-state index contributed by atoms with van der Waals surface area (Å²) in [6.45, 7) is 6.00. The van der Waals surface area contributed by atoms with Gasteiger partial charge >= 0.3 is 12.0 Å². The molecule has 0 bridgehead atoms. The smallest absolute Gasteiger partial charge is 0.317 e. The molecule has 0 aromatic rings. The zero-order valence-electron chi connectivity index (χ0n) is 14.8. The Morgan fingerprint density at radius 2 is 2.12 bits per heavy atom. The summed E-state index contributed by atoms with van der Waals surface area (Å²) in [7, 11) is 0. The average Bonchev–Trinajstić information content (AvgIpc) is 3.06. The van der Waals surface area contributed by atoms with Gasteiger partial charge in [-0.2, -0.15) is 0 Å². The van der Waals surface area contributed by atoms with Crippen molar-refractivity contribution in [1.82, 2.24) is 10.2 Å². The average molecular weight is 338 g/mol. The molecule has 0 radical (unpaired) electrons. The van der Waals surface area contributed by atoms with Gasteiger partial charge in [-0.3, -0.25) is 4.79 Å². The van der Waals surface area contributed by atoms with Crippen LogP contribution < -0.4 is 5.32 Å². The number of rotatable bonds is 4. The molecule has 2 aliphatic heterocycles. The van der Waals surface area contributed by atoms with E-state index in [9.17, 15) is 14.7 Å². The number of nitrogens with zero attached hydrogens (tertiary/aromatic N) is 1. The maximum Gasteiger partial charge on any atom is 0.317 e. The number of amides is 2. The number of fused-ring (bicyclic) bond motifs is 1. The van der Waals surface area contributed by atoms with Crippen molar-refractivity contribution in [3.63, 3.8) is 0 Å². The number of carboxylic acid groups (broad SMARTS) is 1. The van der Waals surface area contributed by atoms with Crippen LogP contribution >= 0.6 is 0 Å². The second-order valence-corrected chi connectivity index (χ2v) is 8.17. The molecule has 6 nitrogen and oxygen atoms in total. The lowest BCUT2D eigenvalue weighted by Crippen LogP contribution is -2.52. The topological polar surface area (TPSA) is 78.9 Å². The largest absolute Gasteiger partial charge is 0.481 e. The third-order valence-electron chi connectivity index (χ3n) is 6.04. The molecule has 0 aromatic heterocycles. The van der Waals surface area contributed by atoms with Gasteiger partial charge in [0.1, 0.15) is 0 Å². The molecule has 2 N–H and O–H groups in total. The van der Waals surface area contributed by atoms with Crippen LogP contribution in [0.3, 0.4) is 0 Å². The van der Waals surface area contributed by atoms with Crippen molar-refractivity contribution in [2.45, 2.75) is 64.5 Å². The fourth-order valence-electron chi connectivity index (χ4n) is 4.75. The Bertz CT molecular complexity index is 495. The van der Waals surface area contributed by atoms with Gasteiger partial charge in [-0.15, -0.1) is 0 Å². The van der Waals surface area contributed by atoms with Gasteiger partial charge in [0.15, 0.2) is 0 Å². The summed E-state index contributed by atoms with van der Waals surface area (Å²) in [5.74, 6) is -0.109. The van der Waals surface area contributed by atoms with Crippen molar-refractivity contribution in [3.8, 4) is 0 Å². The first-order chi connectivity index (χ1) is 11.4. The minimum Gasteiger partial charge on any atom is -0.481 e. The summed E-state index contributed by atoms with van der Waals surface area (Å²) < 4.78 is 5.87. The molecule has 2 heterocycles. The van der Waals surface area contributed by atoms with Crippen LogP contribution in [0.15, 0.2) is 0 Å². The molecule has 3 fully saturated rings. The van der Waals surface area contributed by atoms with Gasteiger partial charge < -0.3 is 20.1 Å². The monoisotopic (exact) mass is 338 g/mol. The minimum absolute atomic E-state index is 0.0369. The molecule has 24 heavy (non-hydrogen) atoms. The molecule has 0 aromatic carbocycles. The second-order valence-electron chi connectivity index (χ2n) is 8.17. The lowest BCUT2D eigenvalue weighted by molar-refractivity contribution is -0.149. The number of urea groups is 1. The van der Waals surface area contributed by atoms with E-state index < -0.39 is 11.4 Å². The molecule has 2 amide bonds. The van der Waals surface area contributed by atoms with E-state index in [1.807, 2.05) is 0 Å². The maximum absolute atomic E-state index is 12.7. The normalized spacial score (nSPS) is 36.0. The Morgan fingerprint density at radius 1 is 1.33 bits per heavy atom. The van der Waals surface area contributed by atoms with E-state index in [-0.39, 0.29) is 24.1 Å².